The second-order valence-corrected chi connectivity index (χ2v) is 7.60. The van der Waals surface area contributed by atoms with Crippen LogP contribution in [0.4, 0.5) is 16.2 Å². The molecule has 7 heteroatoms. The van der Waals surface area contributed by atoms with Gasteiger partial charge in [0.15, 0.2) is 5.76 Å². The first-order valence-electron chi connectivity index (χ1n) is 10.1. The second-order valence-electron chi connectivity index (χ2n) is 7.60. The van der Waals surface area contributed by atoms with Crippen molar-refractivity contribution in [3.63, 3.8) is 0 Å². The molecule has 3 aromatic rings. The third-order valence-electron chi connectivity index (χ3n) is 4.79. The van der Waals surface area contributed by atoms with Crippen LogP contribution in [0.2, 0.25) is 0 Å². The maximum absolute atomic E-state index is 13.0. The summed E-state index contributed by atoms with van der Waals surface area (Å²) in [6.45, 7) is 3.76. The number of hydrogen-bond donors (Lipinski definition) is 2. The molecule has 2 N–H and O–H groups in total. The Morgan fingerprint density at radius 2 is 1.71 bits per heavy atom. The Labute approximate surface area is 182 Å². The van der Waals surface area contributed by atoms with Gasteiger partial charge in [-0.1, -0.05) is 30.3 Å². The van der Waals surface area contributed by atoms with Crippen LogP contribution in [0.15, 0.2) is 71.3 Å². The molecule has 1 heterocycles. The number of benzene rings is 2. The number of hydrogen-bond acceptors (Lipinski definition) is 4. The number of nitrogens with one attached hydrogen (secondary N) is 2. The molecule has 0 saturated heterocycles. The molecule has 0 unspecified atom stereocenters. The molecule has 7 nitrogen and oxygen atoms in total. The van der Waals surface area contributed by atoms with Crippen molar-refractivity contribution >= 4 is 23.3 Å². The quantitative estimate of drug-likeness (QED) is 0.565. The summed E-state index contributed by atoms with van der Waals surface area (Å²) in [5.74, 6) is -0.0724. The Morgan fingerprint density at radius 3 is 2.35 bits per heavy atom. The zero-order valence-electron chi connectivity index (χ0n) is 18.1. The third-order valence-corrected chi connectivity index (χ3v) is 4.79. The van der Waals surface area contributed by atoms with Gasteiger partial charge in [0.05, 0.1) is 6.26 Å². The van der Waals surface area contributed by atoms with Crippen LogP contribution in [0, 0.1) is 6.92 Å². The van der Waals surface area contributed by atoms with E-state index >= 15 is 0 Å². The summed E-state index contributed by atoms with van der Waals surface area (Å²) in [6, 6.07) is 18.4. The number of likely N-dealkylation sites (N-methyl/N-ethyl adjacent to an activating group) is 1. The molecule has 0 aliphatic carbocycles. The van der Waals surface area contributed by atoms with Gasteiger partial charge in [0, 0.05) is 31.0 Å². The van der Waals surface area contributed by atoms with Gasteiger partial charge in [-0.05, 0) is 62.5 Å². The number of carbonyl (C=O) groups excluding carboxylic acids is 2. The fourth-order valence-corrected chi connectivity index (χ4v) is 3.05. The SMILES string of the molecule is Cc1cc(NC(=O)N(CCN(C)C)Cc2ccccc2)ccc1NC(=O)c1ccco1. The summed E-state index contributed by atoms with van der Waals surface area (Å²) in [4.78, 5) is 29.0. The number of rotatable bonds is 8. The Bertz CT molecular complexity index is 1000. The van der Waals surface area contributed by atoms with Gasteiger partial charge in [-0.25, -0.2) is 4.79 Å². The van der Waals surface area contributed by atoms with Gasteiger partial charge >= 0.3 is 6.03 Å². The van der Waals surface area contributed by atoms with Gasteiger partial charge in [-0.2, -0.15) is 0 Å². The van der Waals surface area contributed by atoms with E-state index < -0.39 is 0 Å². The summed E-state index contributed by atoms with van der Waals surface area (Å²) < 4.78 is 5.12. The molecule has 0 saturated carbocycles. The first-order valence-corrected chi connectivity index (χ1v) is 10.1. The lowest BCUT2D eigenvalue weighted by molar-refractivity contribution is 0.0996. The molecule has 3 amide bonds. The van der Waals surface area contributed by atoms with E-state index in [9.17, 15) is 9.59 Å². The molecule has 0 radical (unpaired) electrons. The number of urea groups is 1. The van der Waals surface area contributed by atoms with Gasteiger partial charge < -0.3 is 24.9 Å². The van der Waals surface area contributed by atoms with Gasteiger partial charge in [0.2, 0.25) is 0 Å². The molecule has 2 aromatic carbocycles. The van der Waals surface area contributed by atoms with E-state index in [2.05, 4.69) is 10.6 Å². The number of anilines is 2. The molecule has 0 fully saturated rings. The topological polar surface area (TPSA) is 77.8 Å². The molecule has 31 heavy (non-hydrogen) atoms. The summed E-state index contributed by atoms with van der Waals surface area (Å²) in [6.07, 6.45) is 1.46. The van der Waals surface area contributed by atoms with Crippen LogP contribution in [0.3, 0.4) is 0 Å². The van der Waals surface area contributed by atoms with Crippen molar-refractivity contribution in [3.8, 4) is 0 Å². The summed E-state index contributed by atoms with van der Waals surface area (Å²) >= 11 is 0. The largest absolute Gasteiger partial charge is 0.459 e. The zero-order chi connectivity index (χ0) is 22.2. The molecule has 0 atom stereocenters. The van der Waals surface area contributed by atoms with Gasteiger partial charge in [0.25, 0.3) is 5.91 Å². The van der Waals surface area contributed by atoms with Crippen LogP contribution >= 0.6 is 0 Å². The molecule has 0 aliphatic rings. The average Bonchev–Trinajstić information content (AvgIpc) is 3.28. The maximum atomic E-state index is 13.0. The van der Waals surface area contributed by atoms with E-state index in [1.165, 1.54) is 6.26 Å². The Balaban J connectivity index is 1.67. The van der Waals surface area contributed by atoms with Crippen LogP contribution in [-0.4, -0.2) is 48.9 Å². The van der Waals surface area contributed by atoms with Crippen molar-refractivity contribution < 1.29 is 14.0 Å². The summed E-state index contributed by atoms with van der Waals surface area (Å²) in [5.41, 5.74) is 3.23. The highest BCUT2D eigenvalue weighted by atomic mass is 16.3. The second kappa shape index (κ2) is 10.4. The Morgan fingerprint density at radius 1 is 0.935 bits per heavy atom. The minimum absolute atomic E-state index is 0.169. The van der Waals surface area contributed by atoms with Crippen molar-refractivity contribution in [2.24, 2.45) is 0 Å². The highest BCUT2D eigenvalue weighted by Gasteiger charge is 2.16. The van der Waals surface area contributed by atoms with E-state index in [1.54, 1.807) is 29.2 Å². The van der Waals surface area contributed by atoms with Crippen LogP contribution < -0.4 is 10.6 Å². The number of carbonyl (C=O) groups is 2. The summed E-state index contributed by atoms with van der Waals surface area (Å²) in [7, 11) is 3.97. The minimum Gasteiger partial charge on any atom is -0.459 e. The molecule has 0 aliphatic heterocycles. The predicted molar refractivity (Wildman–Crippen MR) is 122 cm³/mol. The van der Waals surface area contributed by atoms with Crippen LogP contribution in [0.5, 0.6) is 0 Å². The molecule has 1 aromatic heterocycles. The van der Waals surface area contributed by atoms with Crippen LogP contribution in [0.25, 0.3) is 0 Å². The number of amides is 3. The molecule has 0 bridgehead atoms. The number of furan rings is 1. The fraction of sp³-hybridized carbons (Fsp3) is 0.250. The van der Waals surface area contributed by atoms with Gasteiger partial charge in [0.1, 0.15) is 0 Å². The first-order chi connectivity index (χ1) is 14.9. The average molecular weight is 421 g/mol. The molecule has 162 valence electrons. The lowest BCUT2D eigenvalue weighted by atomic mass is 10.1. The zero-order valence-corrected chi connectivity index (χ0v) is 18.1. The van der Waals surface area contributed by atoms with Crippen molar-refractivity contribution in [3.05, 3.63) is 83.8 Å². The number of nitrogens with zero attached hydrogens (tertiary/aromatic N) is 2. The Hall–Kier alpha value is -3.58. The van der Waals surface area contributed by atoms with Crippen molar-refractivity contribution in [2.75, 3.05) is 37.8 Å². The van der Waals surface area contributed by atoms with E-state index in [1.807, 2.05) is 62.3 Å². The first kappa shape index (κ1) is 22.1. The van der Waals surface area contributed by atoms with Gasteiger partial charge in [-0.15, -0.1) is 0 Å². The highest BCUT2D eigenvalue weighted by Crippen LogP contribution is 2.21. The molecule has 0 spiro atoms. The van der Waals surface area contributed by atoms with E-state index in [-0.39, 0.29) is 17.7 Å². The lowest BCUT2D eigenvalue weighted by Crippen LogP contribution is -2.39. The minimum atomic E-state index is -0.317. The van der Waals surface area contributed by atoms with E-state index in [4.69, 9.17) is 4.42 Å². The maximum Gasteiger partial charge on any atom is 0.322 e. The van der Waals surface area contributed by atoms with E-state index in [0.29, 0.717) is 24.5 Å². The predicted octanol–water partition coefficient (Wildman–Crippen LogP) is 4.44. The third kappa shape index (κ3) is 6.45. The Kier molecular flexibility index (Phi) is 7.45. The van der Waals surface area contributed by atoms with Crippen molar-refractivity contribution in [2.45, 2.75) is 13.5 Å². The molecular weight excluding hydrogens is 392 g/mol. The summed E-state index contributed by atoms with van der Waals surface area (Å²) in [5, 5.41) is 5.79. The van der Waals surface area contributed by atoms with Crippen molar-refractivity contribution in [1.29, 1.82) is 0 Å². The molecule has 3 rings (SSSR count). The standard InChI is InChI=1S/C24H28N4O3/c1-18-16-20(11-12-21(18)26-23(29)22-10-7-15-31-22)25-24(30)28(14-13-27(2)3)17-19-8-5-4-6-9-19/h4-12,15-16H,13-14,17H2,1-3H3,(H,25,30)(H,26,29). The fourth-order valence-electron chi connectivity index (χ4n) is 3.05. The van der Waals surface area contributed by atoms with Gasteiger partial charge in [-0.3, -0.25) is 4.79 Å². The van der Waals surface area contributed by atoms with Crippen LogP contribution in [-0.2, 0) is 6.54 Å². The molecular formula is C24H28N4O3. The monoisotopic (exact) mass is 420 g/mol. The lowest BCUT2D eigenvalue weighted by Gasteiger charge is -2.25. The number of aryl methyl sites for hydroxylation is 1. The highest BCUT2D eigenvalue weighted by molar-refractivity contribution is 6.02. The van der Waals surface area contributed by atoms with Crippen molar-refractivity contribution in [1.82, 2.24) is 9.80 Å². The van der Waals surface area contributed by atoms with E-state index in [0.717, 1.165) is 17.7 Å². The smallest absolute Gasteiger partial charge is 0.322 e. The normalized spacial score (nSPS) is 10.7. The van der Waals surface area contributed by atoms with Crippen LogP contribution in [0.1, 0.15) is 21.7 Å².